The van der Waals surface area contributed by atoms with Crippen molar-refractivity contribution >= 4 is 15.9 Å². The van der Waals surface area contributed by atoms with Crippen molar-refractivity contribution < 1.29 is 13.2 Å². The van der Waals surface area contributed by atoms with Gasteiger partial charge in [0.05, 0.1) is 4.90 Å². The summed E-state index contributed by atoms with van der Waals surface area (Å²) in [5, 5.41) is 2.67. The van der Waals surface area contributed by atoms with E-state index in [0.717, 1.165) is 4.31 Å². The Bertz CT molecular complexity index is 647. The number of rotatable bonds is 6. The molecule has 0 atom stereocenters. The van der Waals surface area contributed by atoms with Crippen molar-refractivity contribution in [3.63, 3.8) is 0 Å². The van der Waals surface area contributed by atoms with Crippen molar-refractivity contribution in [1.29, 1.82) is 0 Å². The highest BCUT2D eigenvalue weighted by molar-refractivity contribution is 7.89. The van der Waals surface area contributed by atoms with Crippen LogP contribution in [-0.2, 0) is 21.4 Å². The number of nitrogens with zero attached hydrogens (tertiary/aromatic N) is 1. The maximum Gasteiger partial charge on any atom is 0.244 e. The number of nitrogens with one attached hydrogen (secondary N) is 1. The summed E-state index contributed by atoms with van der Waals surface area (Å²) in [6.45, 7) is 2.01. The van der Waals surface area contributed by atoms with E-state index in [2.05, 4.69) is 5.32 Å². The van der Waals surface area contributed by atoms with E-state index in [9.17, 15) is 13.2 Å². The van der Waals surface area contributed by atoms with Crippen LogP contribution in [0, 0.1) is 0 Å². The van der Waals surface area contributed by atoms with Crippen LogP contribution < -0.4 is 5.32 Å². The lowest BCUT2D eigenvalue weighted by Gasteiger charge is -2.15. The SMILES string of the molecule is C/C=C/C=C/C(=O)NCc1ccccc1S(=O)(=O)N(C)C. The van der Waals surface area contributed by atoms with E-state index in [1.807, 2.05) is 13.0 Å². The fraction of sp³-hybridized carbons (Fsp3) is 0.267. The Labute approximate surface area is 126 Å². The minimum atomic E-state index is -3.52. The first kappa shape index (κ1) is 17.1. The van der Waals surface area contributed by atoms with Gasteiger partial charge < -0.3 is 5.32 Å². The number of hydrogen-bond donors (Lipinski definition) is 1. The van der Waals surface area contributed by atoms with E-state index in [-0.39, 0.29) is 17.3 Å². The molecule has 0 aliphatic heterocycles. The molecule has 0 bridgehead atoms. The standard InChI is InChI=1S/C15H20N2O3S/c1-4-5-6-11-15(18)16-12-13-9-7-8-10-14(13)21(19,20)17(2)3/h4-11H,12H2,1-3H3,(H,16,18)/b5-4+,11-6+. The molecule has 114 valence electrons. The van der Waals surface area contributed by atoms with Gasteiger partial charge in [0.15, 0.2) is 0 Å². The van der Waals surface area contributed by atoms with Crippen LogP contribution in [0.4, 0.5) is 0 Å². The number of carbonyl (C=O) groups is 1. The first-order valence-electron chi connectivity index (χ1n) is 6.47. The lowest BCUT2D eigenvalue weighted by Crippen LogP contribution is -2.26. The number of hydrogen-bond acceptors (Lipinski definition) is 3. The number of sulfonamides is 1. The third-order valence-electron chi connectivity index (χ3n) is 2.74. The topological polar surface area (TPSA) is 66.5 Å². The molecule has 1 aromatic carbocycles. The molecule has 6 heteroatoms. The summed E-state index contributed by atoms with van der Waals surface area (Å²) in [7, 11) is -0.570. The third-order valence-corrected chi connectivity index (χ3v) is 4.65. The average Bonchev–Trinajstić information content (AvgIpc) is 2.45. The van der Waals surface area contributed by atoms with Gasteiger partial charge in [-0.3, -0.25) is 4.79 Å². The second-order valence-corrected chi connectivity index (χ2v) is 6.62. The summed E-state index contributed by atoms with van der Waals surface area (Å²) in [4.78, 5) is 11.8. The molecule has 21 heavy (non-hydrogen) atoms. The van der Waals surface area contributed by atoms with Gasteiger partial charge in [0.1, 0.15) is 0 Å². The minimum Gasteiger partial charge on any atom is -0.348 e. The maximum absolute atomic E-state index is 12.2. The first-order chi connectivity index (χ1) is 9.89. The van der Waals surface area contributed by atoms with Crippen LogP contribution in [0.2, 0.25) is 0 Å². The lowest BCUT2D eigenvalue weighted by molar-refractivity contribution is -0.116. The third kappa shape index (κ3) is 4.84. The van der Waals surface area contributed by atoms with Crippen molar-refractivity contribution in [2.75, 3.05) is 14.1 Å². The Balaban J connectivity index is 2.89. The number of carbonyl (C=O) groups excluding carboxylic acids is 1. The van der Waals surface area contributed by atoms with Crippen LogP contribution >= 0.6 is 0 Å². The zero-order chi connectivity index (χ0) is 15.9. The molecular formula is C15H20N2O3S. The second kappa shape index (κ2) is 7.75. The molecule has 0 saturated heterocycles. The van der Waals surface area contributed by atoms with E-state index in [0.29, 0.717) is 5.56 Å². The number of allylic oxidation sites excluding steroid dienone is 3. The van der Waals surface area contributed by atoms with Gasteiger partial charge in [-0.2, -0.15) is 0 Å². The smallest absolute Gasteiger partial charge is 0.244 e. The van der Waals surface area contributed by atoms with Gasteiger partial charge in [-0.15, -0.1) is 0 Å². The zero-order valence-corrected chi connectivity index (χ0v) is 13.2. The quantitative estimate of drug-likeness (QED) is 0.642. The van der Waals surface area contributed by atoms with Crippen molar-refractivity contribution in [2.24, 2.45) is 0 Å². The minimum absolute atomic E-state index is 0.155. The summed E-state index contributed by atoms with van der Waals surface area (Å²) < 4.78 is 25.5. The van der Waals surface area contributed by atoms with E-state index < -0.39 is 10.0 Å². The fourth-order valence-electron chi connectivity index (χ4n) is 1.59. The van der Waals surface area contributed by atoms with E-state index in [4.69, 9.17) is 0 Å². The molecule has 0 heterocycles. The molecule has 0 spiro atoms. The van der Waals surface area contributed by atoms with E-state index >= 15 is 0 Å². The molecule has 0 saturated carbocycles. The van der Waals surface area contributed by atoms with Crippen LogP contribution in [0.1, 0.15) is 12.5 Å². The Morgan fingerprint density at radius 1 is 1.24 bits per heavy atom. The van der Waals surface area contributed by atoms with E-state index in [1.165, 1.54) is 26.2 Å². The van der Waals surface area contributed by atoms with Gasteiger partial charge in [0.2, 0.25) is 15.9 Å². The van der Waals surface area contributed by atoms with Gasteiger partial charge in [-0.05, 0) is 18.6 Å². The highest BCUT2D eigenvalue weighted by Crippen LogP contribution is 2.18. The molecule has 1 amide bonds. The zero-order valence-electron chi connectivity index (χ0n) is 12.4. The Kier molecular flexibility index (Phi) is 6.33. The summed E-state index contributed by atoms with van der Waals surface area (Å²) in [5.74, 6) is -0.273. The molecule has 5 nitrogen and oxygen atoms in total. The second-order valence-electron chi connectivity index (χ2n) is 4.50. The van der Waals surface area contributed by atoms with Gasteiger partial charge >= 0.3 is 0 Å². The molecule has 0 aromatic heterocycles. The Morgan fingerprint density at radius 3 is 2.52 bits per heavy atom. The summed E-state index contributed by atoms with van der Waals surface area (Å²) in [6, 6.07) is 6.62. The summed E-state index contributed by atoms with van der Waals surface area (Å²) >= 11 is 0. The maximum atomic E-state index is 12.2. The van der Waals surface area contributed by atoms with Crippen LogP contribution in [0.5, 0.6) is 0 Å². The Morgan fingerprint density at radius 2 is 1.90 bits per heavy atom. The molecule has 1 N–H and O–H groups in total. The molecule has 0 aliphatic carbocycles. The molecule has 0 aliphatic rings. The van der Waals surface area contributed by atoms with Crippen LogP contribution in [0.15, 0.2) is 53.5 Å². The highest BCUT2D eigenvalue weighted by Gasteiger charge is 2.20. The monoisotopic (exact) mass is 308 g/mol. The van der Waals surface area contributed by atoms with Crippen molar-refractivity contribution in [3.8, 4) is 0 Å². The van der Waals surface area contributed by atoms with E-state index in [1.54, 1.807) is 30.4 Å². The first-order valence-corrected chi connectivity index (χ1v) is 7.91. The van der Waals surface area contributed by atoms with Crippen molar-refractivity contribution in [1.82, 2.24) is 9.62 Å². The molecule has 1 rings (SSSR count). The van der Waals surface area contributed by atoms with Crippen molar-refractivity contribution in [3.05, 3.63) is 54.1 Å². The van der Waals surface area contributed by atoms with Crippen molar-refractivity contribution in [2.45, 2.75) is 18.4 Å². The molecule has 0 fully saturated rings. The fourth-order valence-corrected chi connectivity index (χ4v) is 2.71. The lowest BCUT2D eigenvalue weighted by atomic mass is 10.2. The largest absolute Gasteiger partial charge is 0.348 e. The molecule has 1 aromatic rings. The molecule has 0 unspecified atom stereocenters. The van der Waals surface area contributed by atoms with Crippen LogP contribution in [0.3, 0.4) is 0 Å². The number of benzene rings is 1. The van der Waals surface area contributed by atoms with Crippen LogP contribution in [-0.4, -0.2) is 32.7 Å². The normalized spacial score (nSPS) is 12.4. The van der Waals surface area contributed by atoms with Gasteiger partial charge in [-0.1, -0.05) is 36.4 Å². The van der Waals surface area contributed by atoms with Gasteiger partial charge in [0, 0.05) is 26.7 Å². The highest BCUT2D eigenvalue weighted by atomic mass is 32.2. The van der Waals surface area contributed by atoms with Gasteiger partial charge in [-0.25, -0.2) is 12.7 Å². The summed E-state index contributed by atoms with van der Waals surface area (Å²) in [6.07, 6.45) is 6.56. The van der Waals surface area contributed by atoms with Crippen LogP contribution in [0.25, 0.3) is 0 Å². The predicted molar refractivity (Wildman–Crippen MR) is 83.1 cm³/mol. The van der Waals surface area contributed by atoms with Gasteiger partial charge in [0.25, 0.3) is 0 Å². The predicted octanol–water partition coefficient (Wildman–Crippen LogP) is 1.69. The Hall–Kier alpha value is -1.92. The average molecular weight is 308 g/mol. The summed E-state index contributed by atoms with van der Waals surface area (Å²) in [5.41, 5.74) is 0.555. The number of amides is 1. The molecule has 0 radical (unpaired) electrons. The molecular weight excluding hydrogens is 288 g/mol.